The molecule has 0 amide bonds. The summed E-state index contributed by atoms with van der Waals surface area (Å²) in [5.74, 6) is 1.65. The Morgan fingerprint density at radius 3 is 3.10 bits per heavy atom. The third-order valence-electron chi connectivity index (χ3n) is 4.78. The molecular weight excluding hydrogens is 286 g/mol. The van der Waals surface area contributed by atoms with Crippen LogP contribution in [0.5, 0.6) is 5.75 Å². The second-order valence-corrected chi connectivity index (χ2v) is 6.97. The number of ether oxygens (including phenoxy) is 2. The number of halogens is 1. The van der Waals surface area contributed by atoms with Gasteiger partial charge in [0.25, 0.3) is 0 Å². The van der Waals surface area contributed by atoms with Gasteiger partial charge in [-0.05, 0) is 36.5 Å². The zero-order valence-electron chi connectivity index (χ0n) is 12.7. The van der Waals surface area contributed by atoms with Gasteiger partial charge >= 0.3 is 0 Å². The van der Waals surface area contributed by atoms with E-state index >= 15 is 0 Å². The van der Waals surface area contributed by atoms with E-state index in [1.165, 1.54) is 18.4 Å². The SMILES string of the molecule is CC1CCCC(CN)(OCc2cc(Cl)cc3c2OCC3)C1. The molecule has 1 aromatic rings. The molecule has 0 bridgehead atoms. The summed E-state index contributed by atoms with van der Waals surface area (Å²) in [4.78, 5) is 0. The fourth-order valence-electron chi connectivity index (χ4n) is 3.67. The Kier molecular flexibility index (Phi) is 4.43. The van der Waals surface area contributed by atoms with Crippen LogP contribution in [0.3, 0.4) is 0 Å². The van der Waals surface area contributed by atoms with E-state index in [9.17, 15) is 0 Å². The van der Waals surface area contributed by atoms with E-state index < -0.39 is 0 Å². The standard InChI is InChI=1S/C17H24ClNO2/c1-12-3-2-5-17(9-12,11-19)21-10-14-8-15(18)7-13-4-6-20-16(13)14/h7-8,12H,2-6,9-11,19H2,1H3. The summed E-state index contributed by atoms with van der Waals surface area (Å²) >= 11 is 6.21. The van der Waals surface area contributed by atoms with Crippen LogP contribution in [0.1, 0.15) is 43.7 Å². The quantitative estimate of drug-likeness (QED) is 0.922. The summed E-state index contributed by atoms with van der Waals surface area (Å²) in [5.41, 5.74) is 8.10. The van der Waals surface area contributed by atoms with Crippen molar-refractivity contribution >= 4 is 11.6 Å². The Hall–Kier alpha value is -0.770. The zero-order chi connectivity index (χ0) is 14.9. The predicted molar refractivity (Wildman–Crippen MR) is 84.9 cm³/mol. The minimum Gasteiger partial charge on any atom is -0.493 e. The highest BCUT2D eigenvalue weighted by atomic mass is 35.5. The van der Waals surface area contributed by atoms with Crippen molar-refractivity contribution in [3.63, 3.8) is 0 Å². The van der Waals surface area contributed by atoms with Gasteiger partial charge in [0.2, 0.25) is 0 Å². The molecule has 3 rings (SSSR count). The minimum atomic E-state index is -0.175. The van der Waals surface area contributed by atoms with E-state index in [1.807, 2.05) is 12.1 Å². The lowest BCUT2D eigenvalue weighted by Gasteiger charge is -2.39. The van der Waals surface area contributed by atoms with Crippen molar-refractivity contribution < 1.29 is 9.47 Å². The van der Waals surface area contributed by atoms with Crippen LogP contribution in [0, 0.1) is 5.92 Å². The Morgan fingerprint density at radius 1 is 1.48 bits per heavy atom. The number of hydrogen-bond acceptors (Lipinski definition) is 3. The second kappa shape index (κ2) is 6.15. The van der Waals surface area contributed by atoms with Crippen molar-refractivity contribution in [3.8, 4) is 5.75 Å². The van der Waals surface area contributed by atoms with E-state index in [0.29, 0.717) is 19.1 Å². The lowest BCUT2D eigenvalue weighted by atomic mass is 9.79. The van der Waals surface area contributed by atoms with Crippen molar-refractivity contribution in [1.82, 2.24) is 0 Å². The van der Waals surface area contributed by atoms with E-state index in [-0.39, 0.29) is 5.60 Å². The summed E-state index contributed by atoms with van der Waals surface area (Å²) in [5, 5.41) is 0.761. The maximum Gasteiger partial charge on any atom is 0.128 e. The molecule has 2 N–H and O–H groups in total. The Labute approximate surface area is 131 Å². The van der Waals surface area contributed by atoms with Crippen LogP contribution in [0.25, 0.3) is 0 Å². The van der Waals surface area contributed by atoms with Gasteiger partial charge in [-0.3, -0.25) is 0 Å². The summed E-state index contributed by atoms with van der Waals surface area (Å²) in [7, 11) is 0. The van der Waals surface area contributed by atoms with Gasteiger partial charge in [0.05, 0.1) is 18.8 Å². The van der Waals surface area contributed by atoms with Gasteiger partial charge in [-0.1, -0.05) is 31.4 Å². The Morgan fingerprint density at radius 2 is 2.33 bits per heavy atom. The van der Waals surface area contributed by atoms with Crippen molar-refractivity contribution in [2.24, 2.45) is 11.7 Å². The number of hydrogen-bond donors (Lipinski definition) is 1. The lowest BCUT2D eigenvalue weighted by molar-refractivity contribution is -0.0843. The molecule has 1 aromatic carbocycles. The van der Waals surface area contributed by atoms with Gasteiger partial charge in [0.15, 0.2) is 0 Å². The van der Waals surface area contributed by atoms with Crippen LogP contribution < -0.4 is 10.5 Å². The fourth-order valence-corrected chi connectivity index (χ4v) is 3.93. The first-order chi connectivity index (χ1) is 10.1. The first kappa shape index (κ1) is 15.1. The van der Waals surface area contributed by atoms with Crippen LogP contribution in [0.2, 0.25) is 5.02 Å². The summed E-state index contributed by atoms with van der Waals surface area (Å²) < 4.78 is 12.0. The highest BCUT2D eigenvalue weighted by molar-refractivity contribution is 6.30. The van der Waals surface area contributed by atoms with Crippen molar-refractivity contribution in [2.75, 3.05) is 13.2 Å². The molecule has 21 heavy (non-hydrogen) atoms. The highest BCUT2D eigenvalue weighted by Crippen LogP contribution is 2.38. The molecule has 0 saturated heterocycles. The second-order valence-electron chi connectivity index (χ2n) is 6.53. The molecule has 1 aliphatic carbocycles. The summed E-state index contributed by atoms with van der Waals surface area (Å²) in [6, 6.07) is 3.96. The molecule has 2 unspecified atom stereocenters. The van der Waals surface area contributed by atoms with E-state index in [1.54, 1.807) is 0 Å². The molecule has 1 heterocycles. The first-order valence-corrected chi connectivity index (χ1v) is 8.28. The molecule has 2 aliphatic rings. The highest BCUT2D eigenvalue weighted by Gasteiger charge is 2.35. The van der Waals surface area contributed by atoms with Crippen LogP contribution in [0.4, 0.5) is 0 Å². The fraction of sp³-hybridized carbons (Fsp3) is 0.647. The predicted octanol–water partition coefficient (Wildman–Crippen LogP) is 3.70. The monoisotopic (exact) mass is 309 g/mol. The molecule has 2 atom stereocenters. The smallest absolute Gasteiger partial charge is 0.128 e. The summed E-state index contributed by atoms with van der Waals surface area (Å²) in [6.07, 6.45) is 5.51. The van der Waals surface area contributed by atoms with Crippen LogP contribution in [0.15, 0.2) is 12.1 Å². The normalized spacial score (nSPS) is 28.2. The van der Waals surface area contributed by atoms with E-state index in [4.69, 9.17) is 26.8 Å². The molecule has 0 spiro atoms. The molecule has 4 heteroatoms. The van der Waals surface area contributed by atoms with Crippen LogP contribution in [-0.2, 0) is 17.8 Å². The molecule has 3 nitrogen and oxygen atoms in total. The molecular formula is C17H24ClNO2. The van der Waals surface area contributed by atoms with Crippen molar-refractivity contribution in [2.45, 2.75) is 51.2 Å². The van der Waals surface area contributed by atoms with Gasteiger partial charge in [0.1, 0.15) is 5.75 Å². The number of fused-ring (bicyclic) bond motifs is 1. The van der Waals surface area contributed by atoms with Crippen molar-refractivity contribution in [3.05, 3.63) is 28.3 Å². The van der Waals surface area contributed by atoms with Gasteiger partial charge < -0.3 is 15.2 Å². The minimum absolute atomic E-state index is 0.175. The van der Waals surface area contributed by atoms with Crippen LogP contribution >= 0.6 is 11.6 Å². The molecule has 1 saturated carbocycles. The van der Waals surface area contributed by atoms with Gasteiger partial charge in [-0.25, -0.2) is 0 Å². The first-order valence-electron chi connectivity index (χ1n) is 7.90. The maximum absolute atomic E-state index is 6.29. The Balaban J connectivity index is 1.75. The maximum atomic E-state index is 6.29. The molecule has 1 fully saturated rings. The largest absolute Gasteiger partial charge is 0.493 e. The number of rotatable bonds is 4. The van der Waals surface area contributed by atoms with Gasteiger partial charge in [0, 0.05) is 23.6 Å². The molecule has 116 valence electrons. The molecule has 1 aliphatic heterocycles. The van der Waals surface area contributed by atoms with E-state index in [0.717, 1.165) is 42.2 Å². The van der Waals surface area contributed by atoms with Gasteiger partial charge in [-0.15, -0.1) is 0 Å². The lowest BCUT2D eigenvalue weighted by Crippen LogP contribution is -2.44. The van der Waals surface area contributed by atoms with Crippen LogP contribution in [-0.4, -0.2) is 18.8 Å². The average molecular weight is 310 g/mol. The number of nitrogens with two attached hydrogens (primary N) is 1. The zero-order valence-corrected chi connectivity index (χ0v) is 13.4. The molecule has 0 aromatic heterocycles. The molecule has 0 radical (unpaired) electrons. The topological polar surface area (TPSA) is 44.5 Å². The summed E-state index contributed by atoms with van der Waals surface area (Å²) in [6.45, 7) is 4.14. The average Bonchev–Trinajstić information content (AvgIpc) is 2.93. The van der Waals surface area contributed by atoms with E-state index in [2.05, 4.69) is 6.92 Å². The third kappa shape index (κ3) is 3.20. The van der Waals surface area contributed by atoms with Gasteiger partial charge in [-0.2, -0.15) is 0 Å². The van der Waals surface area contributed by atoms with Crippen molar-refractivity contribution in [1.29, 1.82) is 0 Å². The third-order valence-corrected chi connectivity index (χ3v) is 5.00. The Bertz CT molecular complexity index is 520. The number of benzene rings is 1.